The summed E-state index contributed by atoms with van der Waals surface area (Å²) in [6, 6.07) is 16.6. The largest absolute Gasteiger partial charge is 0.423 e. The lowest BCUT2D eigenvalue weighted by atomic mass is 9.81. The normalized spacial score (nSPS) is 11.8. The molecule has 0 saturated carbocycles. The molecule has 0 fully saturated rings. The van der Waals surface area contributed by atoms with Gasteiger partial charge in [0.05, 0.1) is 11.1 Å². The van der Waals surface area contributed by atoms with E-state index < -0.39 is 22.8 Å². The zero-order valence-electron chi connectivity index (χ0n) is 20.2. The third-order valence-corrected chi connectivity index (χ3v) is 5.77. The summed E-state index contributed by atoms with van der Waals surface area (Å²) in [6.45, 7) is 12.0. The molecule has 3 rings (SSSR count). The average Bonchev–Trinajstić information content (AvgIpc) is 2.73. The number of esters is 2. The maximum Gasteiger partial charge on any atom is 0.343 e. The maximum atomic E-state index is 12.9. The molecule has 0 aliphatic heterocycles. The number of carbonyl (C=O) groups excluding carboxylic acids is 2. The first-order valence-corrected chi connectivity index (χ1v) is 11.7. The van der Waals surface area contributed by atoms with Crippen molar-refractivity contribution < 1.29 is 19.1 Å². The van der Waals surface area contributed by atoms with Crippen molar-refractivity contribution in [3.63, 3.8) is 0 Å². The van der Waals surface area contributed by atoms with Gasteiger partial charge in [-0.05, 0) is 71.5 Å². The van der Waals surface area contributed by atoms with Crippen LogP contribution in [-0.2, 0) is 10.8 Å². The number of halogens is 2. The summed E-state index contributed by atoms with van der Waals surface area (Å²) in [4.78, 5) is 25.8. The first-order chi connectivity index (χ1) is 15.8. The summed E-state index contributed by atoms with van der Waals surface area (Å²) in [5, 5.41) is 1.07. The number of rotatable bonds is 4. The summed E-state index contributed by atoms with van der Waals surface area (Å²) < 4.78 is 11.7. The second-order valence-electron chi connectivity index (χ2n) is 10.1. The van der Waals surface area contributed by atoms with E-state index in [4.69, 9.17) is 32.7 Å². The van der Waals surface area contributed by atoms with Gasteiger partial charge in [0.15, 0.2) is 0 Å². The average molecular weight is 499 g/mol. The van der Waals surface area contributed by atoms with Gasteiger partial charge in [-0.2, -0.15) is 0 Å². The molecule has 0 bridgehead atoms. The van der Waals surface area contributed by atoms with E-state index in [2.05, 4.69) is 0 Å². The summed E-state index contributed by atoms with van der Waals surface area (Å²) in [7, 11) is 0. The van der Waals surface area contributed by atoms with Crippen molar-refractivity contribution in [3.05, 3.63) is 93.0 Å². The predicted octanol–water partition coefficient (Wildman–Crippen LogP) is 8.03. The fourth-order valence-electron chi connectivity index (χ4n) is 3.39. The number of carbonyl (C=O) groups is 2. The molecule has 0 heterocycles. The molecule has 0 radical (unpaired) electrons. The quantitative estimate of drug-likeness (QED) is 0.269. The lowest BCUT2D eigenvalue weighted by Gasteiger charge is -2.28. The Kier molecular flexibility index (Phi) is 7.44. The molecule has 3 aromatic rings. The molecular weight excluding hydrogens is 471 g/mol. The SMILES string of the molecule is CC(C)(C)c1cc(OC(=O)c2ccc(Cl)cc2)c(C(C)(C)C)cc1OC(=O)c1ccc(Cl)cc1. The molecule has 0 spiro atoms. The van der Waals surface area contributed by atoms with Crippen LogP contribution in [0.1, 0.15) is 73.4 Å². The molecule has 0 aromatic heterocycles. The fraction of sp³-hybridized carbons (Fsp3) is 0.286. The van der Waals surface area contributed by atoms with Gasteiger partial charge in [-0.1, -0.05) is 64.7 Å². The van der Waals surface area contributed by atoms with Crippen molar-refractivity contribution in [2.45, 2.75) is 52.4 Å². The van der Waals surface area contributed by atoms with Crippen molar-refractivity contribution in [2.75, 3.05) is 0 Å². The van der Waals surface area contributed by atoms with Crippen molar-refractivity contribution in [1.29, 1.82) is 0 Å². The molecule has 0 aliphatic carbocycles. The molecule has 34 heavy (non-hydrogen) atoms. The highest BCUT2D eigenvalue weighted by molar-refractivity contribution is 6.31. The van der Waals surface area contributed by atoms with Crippen LogP contribution in [0, 0.1) is 0 Å². The molecule has 0 aliphatic rings. The molecule has 0 saturated heterocycles. The minimum absolute atomic E-state index is 0.389. The van der Waals surface area contributed by atoms with Crippen LogP contribution in [0.3, 0.4) is 0 Å². The molecule has 4 nitrogen and oxygen atoms in total. The van der Waals surface area contributed by atoms with Crippen LogP contribution in [-0.4, -0.2) is 11.9 Å². The number of ether oxygens (including phenoxy) is 2. The standard InChI is InChI=1S/C28H28Cl2O4/c1-27(2,3)21-15-24(34-26(32)18-9-13-20(30)14-10-18)22(28(4,5)6)16-23(21)33-25(31)17-7-11-19(29)12-8-17/h7-16H,1-6H3. The van der Waals surface area contributed by atoms with Gasteiger partial charge in [0.2, 0.25) is 0 Å². The van der Waals surface area contributed by atoms with Gasteiger partial charge in [0, 0.05) is 21.2 Å². The van der Waals surface area contributed by atoms with Crippen LogP contribution >= 0.6 is 23.2 Å². The minimum atomic E-state index is -0.493. The summed E-state index contributed by atoms with van der Waals surface area (Å²) >= 11 is 11.9. The first-order valence-electron chi connectivity index (χ1n) is 10.9. The molecular formula is C28H28Cl2O4. The Morgan fingerprint density at radius 2 is 0.882 bits per heavy atom. The topological polar surface area (TPSA) is 52.6 Å². The van der Waals surface area contributed by atoms with Crippen LogP contribution in [0.4, 0.5) is 0 Å². The van der Waals surface area contributed by atoms with E-state index in [-0.39, 0.29) is 0 Å². The summed E-state index contributed by atoms with van der Waals surface area (Å²) in [5.41, 5.74) is 1.46. The molecule has 0 N–H and O–H groups in total. The highest BCUT2D eigenvalue weighted by atomic mass is 35.5. The van der Waals surface area contributed by atoms with Gasteiger partial charge in [-0.15, -0.1) is 0 Å². The summed E-state index contributed by atoms with van der Waals surface area (Å²) in [6.07, 6.45) is 0. The van der Waals surface area contributed by atoms with Gasteiger partial charge in [0.25, 0.3) is 0 Å². The van der Waals surface area contributed by atoms with E-state index in [9.17, 15) is 9.59 Å². The lowest BCUT2D eigenvalue weighted by molar-refractivity contribution is 0.0714. The molecule has 178 valence electrons. The Hall–Kier alpha value is -2.82. The second kappa shape index (κ2) is 9.81. The Morgan fingerprint density at radius 1 is 0.588 bits per heavy atom. The molecule has 0 amide bonds. The Morgan fingerprint density at radius 3 is 1.15 bits per heavy atom. The van der Waals surface area contributed by atoms with E-state index in [1.54, 1.807) is 60.7 Å². The molecule has 6 heteroatoms. The van der Waals surface area contributed by atoms with Crippen molar-refractivity contribution in [1.82, 2.24) is 0 Å². The van der Waals surface area contributed by atoms with Crippen LogP contribution in [0.5, 0.6) is 11.5 Å². The van der Waals surface area contributed by atoms with Gasteiger partial charge < -0.3 is 9.47 Å². The Bertz CT molecular complexity index is 1100. The first kappa shape index (κ1) is 25.8. The van der Waals surface area contributed by atoms with E-state index in [1.807, 2.05) is 41.5 Å². The monoisotopic (exact) mass is 498 g/mol. The van der Waals surface area contributed by atoms with E-state index in [0.717, 1.165) is 11.1 Å². The van der Waals surface area contributed by atoms with Gasteiger partial charge in [0.1, 0.15) is 11.5 Å². The third-order valence-electron chi connectivity index (χ3n) is 5.26. The van der Waals surface area contributed by atoms with Crippen molar-refractivity contribution in [2.24, 2.45) is 0 Å². The van der Waals surface area contributed by atoms with Gasteiger partial charge in [-0.25, -0.2) is 9.59 Å². The maximum absolute atomic E-state index is 12.9. The molecule has 0 atom stereocenters. The zero-order chi connectivity index (χ0) is 25.3. The fourth-order valence-corrected chi connectivity index (χ4v) is 3.64. The Labute approximate surface area is 210 Å². The predicted molar refractivity (Wildman–Crippen MR) is 137 cm³/mol. The Balaban J connectivity index is 2.06. The minimum Gasteiger partial charge on any atom is -0.423 e. The smallest absolute Gasteiger partial charge is 0.343 e. The zero-order valence-corrected chi connectivity index (χ0v) is 21.7. The number of hydrogen-bond acceptors (Lipinski definition) is 4. The van der Waals surface area contributed by atoms with E-state index in [0.29, 0.717) is 32.7 Å². The lowest BCUT2D eigenvalue weighted by Crippen LogP contribution is -2.21. The second-order valence-corrected chi connectivity index (χ2v) is 11.0. The number of benzene rings is 3. The van der Waals surface area contributed by atoms with Gasteiger partial charge >= 0.3 is 11.9 Å². The summed E-state index contributed by atoms with van der Waals surface area (Å²) in [5.74, 6) is -0.145. The van der Waals surface area contributed by atoms with Gasteiger partial charge in [-0.3, -0.25) is 0 Å². The van der Waals surface area contributed by atoms with Crippen LogP contribution in [0.2, 0.25) is 10.0 Å². The van der Waals surface area contributed by atoms with Crippen LogP contribution in [0.15, 0.2) is 60.7 Å². The van der Waals surface area contributed by atoms with Crippen molar-refractivity contribution >= 4 is 35.1 Å². The van der Waals surface area contributed by atoms with Crippen LogP contribution in [0.25, 0.3) is 0 Å². The molecule has 0 unspecified atom stereocenters. The molecule has 3 aromatic carbocycles. The van der Waals surface area contributed by atoms with Crippen LogP contribution < -0.4 is 9.47 Å². The third kappa shape index (κ3) is 6.19. The number of hydrogen-bond donors (Lipinski definition) is 0. The van der Waals surface area contributed by atoms with E-state index >= 15 is 0 Å². The van der Waals surface area contributed by atoms with E-state index in [1.165, 1.54) is 0 Å². The van der Waals surface area contributed by atoms with Crippen molar-refractivity contribution in [3.8, 4) is 11.5 Å². The highest BCUT2D eigenvalue weighted by Crippen LogP contribution is 2.42. The highest BCUT2D eigenvalue weighted by Gasteiger charge is 2.29.